The summed E-state index contributed by atoms with van der Waals surface area (Å²) >= 11 is 6.84. The molecule has 26 heavy (non-hydrogen) atoms. The number of aryl methyl sites for hydroxylation is 1. The van der Waals surface area contributed by atoms with Gasteiger partial charge in [0, 0.05) is 11.3 Å². The third-order valence-electron chi connectivity index (χ3n) is 3.91. The molecule has 0 spiro atoms. The number of amides is 1. The Balaban J connectivity index is 1.74. The van der Waals surface area contributed by atoms with Crippen LogP contribution in [0.4, 0.5) is 18.9 Å². The molecule has 0 radical (unpaired) electrons. The van der Waals surface area contributed by atoms with E-state index in [1.807, 2.05) is 0 Å². The molecule has 1 aromatic heterocycles. The van der Waals surface area contributed by atoms with E-state index in [2.05, 4.69) is 15.3 Å². The second kappa shape index (κ2) is 7.84. The van der Waals surface area contributed by atoms with Crippen LogP contribution in [-0.4, -0.2) is 21.6 Å². The van der Waals surface area contributed by atoms with Crippen LogP contribution in [0.3, 0.4) is 0 Å². The number of para-hydroxylation sites is 1. The van der Waals surface area contributed by atoms with Crippen molar-refractivity contribution in [2.24, 2.45) is 0 Å². The first-order chi connectivity index (χ1) is 12.3. The minimum atomic E-state index is -4.53. The van der Waals surface area contributed by atoms with Gasteiger partial charge in [-0.1, -0.05) is 35.5 Å². The number of anilines is 1. The Morgan fingerprint density at radius 1 is 1.19 bits per heavy atom. The number of carbonyl (C=O) groups excluding carboxylic acids is 1. The second-order valence-electron chi connectivity index (χ2n) is 5.80. The van der Waals surface area contributed by atoms with E-state index < -0.39 is 17.8 Å². The SMILES string of the molecule is O=C(CSc1nc2c(c(C(F)(F)F)n1)CCCC2)Nc1ccccc1Cl. The van der Waals surface area contributed by atoms with Crippen molar-refractivity contribution in [3.05, 3.63) is 46.2 Å². The molecule has 0 atom stereocenters. The molecule has 0 saturated heterocycles. The Bertz CT molecular complexity index is 829. The van der Waals surface area contributed by atoms with E-state index in [0.29, 0.717) is 35.7 Å². The number of nitrogens with one attached hydrogen (secondary N) is 1. The van der Waals surface area contributed by atoms with Crippen LogP contribution in [0.1, 0.15) is 29.8 Å². The zero-order valence-electron chi connectivity index (χ0n) is 13.6. The van der Waals surface area contributed by atoms with Crippen molar-refractivity contribution in [2.45, 2.75) is 37.0 Å². The van der Waals surface area contributed by atoms with Gasteiger partial charge in [0.05, 0.1) is 16.5 Å². The van der Waals surface area contributed by atoms with Gasteiger partial charge in [-0.3, -0.25) is 4.79 Å². The van der Waals surface area contributed by atoms with Crippen LogP contribution in [0, 0.1) is 0 Å². The molecule has 1 heterocycles. The van der Waals surface area contributed by atoms with Gasteiger partial charge in [-0.25, -0.2) is 9.97 Å². The van der Waals surface area contributed by atoms with Gasteiger partial charge < -0.3 is 5.32 Å². The monoisotopic (exact) mass is 401 g/mol. The highest BCUT2D eigenvalue weighted by molar-refractivity contribution is 7.99. The molecule has 0 unspecified atom stereocenters. The summed E-state index contributed by atoms with van der Waals surface area (Å²) in [7, 11) is 0. The van der Waals surface area contributed by atoms with E-state index >= 15 is 0 Å². The molecule has 0 aliphatic heterocycles. The molecule has 0 fully saturated rings. The first-order valence-corrected chi connectivity index (χ1v) is 9.35. The van der Waals surface area contributed by atoms with Crippen molar-refractivity contribution in [2.75, 3.05) is 11.1 Å². The standard InChI is InChI=1S/C17H15ClF3N3OS/c18-11-6-2-4-8-13(11)22-14(25)9-26-16-23-12-7-3-1-5-10(12)15(24-16)17(19,20)21/h2,4,6,8H,1,3,5,7,9H2,(H,22,25). The van der Waals surface area contributed by atoms with Crippen molar-refractivity contribution < 1.29 is 18.0 Å². The number of aromatic nitrogens is 2. The number of alkyl halides is 3. The molecule has 9 heteroatoms. The highest BCUT2D eigenvalue weighted by Gasteiger charge is 2.38. The van der Waals surface area contributed by atoms with E-state index in [4.69, 9.17) is 11.6 Å². The topological polar surface area (TPSA) is 54.9 Å². The number of benzene rings is 1. The summed E-state index contributed by atoms with van der Waals surface area (Å²) in [5.74, 6) is -0.501. The van der Waals surface area contributed by atoms with Crippen LogP contribution < -0.4 is 5.32 Å². The summed E-state index contributed by atoms with van der Waals surface area (Å²) in [6, 6.07) is 6.72. The van der Waals surface area contributed by atoms with E-state index in [1.165, 1.54) is 0 Å². The maximum Gasteiger partial charge on any atom is 0.433 e. The van der Waals surface area contributed by atoms with Gasteiger partial charge in [0.15, 0.2) is 10.9 Å². The van der Waals surface area contributed by atoms with Gasteiger partial charge in [-0.15, -0.1) is 0 Å². The largest absolute Gasteiger partial charge is 0.433 e. The van der Waals surface area contributed by atoms with Crippen molar-refractivity contribution >= 4 is 35.0 Å². The lowest BCUT2D eigenvalue weighted by molar-refractivity contribution is -0.142. The molecule has 4 nitrogen and oxygen atoms in total. The summed E-state index contributed by atoms with van der Waals surface area (Å²) in [5.41, 5.74) is 0.194. The summed E-state index contributed by atoms with van der Waals surface area (Å²) < 4.78 is 39.9. The normalized spacial score (nSPS) is 14.0. The lowest BCUT2D eigenvalue weighted by Gasteiger charge is -2.20. The molecule has 1 N–H and O–H groups in total. The molecule has 1 aliphatic carbocycles. The lowest BCUT2D eigenvalue weighted by Crippen LogP contribution is -2.20. The smallest absolute Gasteiger partial charge is 0.324 e. The number of nitrogens with zero attached hydrogens (tertiary/aromatic N) is 2. The van der Waals surface area contributed by atoms with Crippen LogP contribution in [-0.2, 0) is 23.8 Å². The Labute approximate surface area is 157 Å². The third-order valence-corrected chi connectivity index (χ3v) is 5.09. The van der Waals surface area contributed by atoms with E-state index in [9.17, 15) is 18.0 Å². The molecule has 1 aromatic carbocycles. The molecule has 3 rings (SSSR count). The fourth-order valence-corrected chi connectivity index (χ4v) is 3.60. The van der Waals surface area contributed by atoms with Crippen molar-refractivity contribution in [1.29, 1.82) is 0 Å². The Morgan fingerprint density at radius 3 is 2.65 bits per heavy atom. The first kappa shape index (κ1) is 19.0. The van der Waals surface area contributed by atoms with Crippen LogP contribution >= 0.6 is 23.4 Å². The average Bonchev–Trinajstić information content (AvgIpc) is 2.60. The predicted molar refractivity (Wildman–Crippen MR) is 94.5 cm³/mol. The van der Waals surface area contributed by atoms with Crippen LogP contribution in [0.15, 0.2) is 29.4 Å². The highest BCUT2D eigenvalue weighted by Crippen LogP contribution is 2.35. The number of rotatable bonds is 4. The summed E-state index contributed by atoms with van der Waals surface area (Å²) in [4.78, 5) is 19.9. The minimum absolute atomic E-state index is 0.0349. The number of halogens is 4. The van der Waals surface area contributed by atoms with E-state index in [0.717, 1.165) is 18.2 Å². The van der Waals surface area contributed by atoms with Crippen LogP contribution in [0.5, 0.6) is 0 Å². The van der Waals surface area contributed by atoms with Gasteiger partial charge >= 0.3 is 6.18 Å². The lowest BCUT2D eigenvalue weighted by atomic mass is 9.94. The van der Waals surface area contributed by atoms with Gasteiger partial charge in [0.2, 0.25) is 5.91 Å². The van der Waals surface area contributed by atoms with Crippen molar-refractivity contribution in [1.82, 2.24) is 9.97 Å². The average molecular weight is 402 g/mol. The highest BCUT2D eigenvalue weighted by atomic mass is 35.5. The first-order valence-electron chi connectivity index (χ1n) is 7.99. The minimum Gasteiger partial charge on any atom is -0.324 e. The molecule has 2 aromatic rings. The van der Waals surface area contributed by atoms with Gasteiger partial charge in [0.1, 0.15) is 0 Å². The number of thioether (sulfide) groups is 1. The molecule has 0 saturated carbocycles. The second-order valence-corrected chi connectivity index (χ2v) is 7.15. The predicted octanol–water partition coefficient (Wildman–Crippen LogP) is 4.76. The van der Waals surface area contributed by atoms with Gasteiger partial charge in [-0.2, -0.15) is 13.2 Å². The van der Waals surface area contributed by atoms with Crippen molar-refractivity contribution in [3.63, 3.8) is 0 Å². The quantitative estimate of drug-likeness (QED) is 0.593. The van der Waals surface area contributed by atoms with Gasteiger partial charge in [0.25, 0.3) is 0 Å². The van der Waals surface area contributed by atoms with E-state index in [-0.39, 0.29) is 16.5 Å². The maximum atomic E-state index is 13.3. The van der Waals surface area contributed by atoms with E-state index in [1.54, 1.807) is 24.3 Å². The molecule has 1 amide bonds. The third kappa shape index (κ3) is 4.48. The van der Waals surface area contributed by atoms with Crippen LogP contribution in [0.2, 0.25) is 5.02 Å². The Hall–Kier alpha value is -1.80. The van der Waals surface area contributed by atoms with Crippen molar-refractivity contribution in [3.8, 4) is 0 Å². The van der Waals surface area contributed by atoms with Gasteiger partial charge in [-0.05, 0) is 37.8 Å². The number of hydrogen-bond donors (Lipinski definition) is 1. The van der Waals surface area contributed by atoms with Crippen LogP contribution in [0.25, 0.3) is 0 Å². The molecule has 0 bridgehead atoms. The number of fused-ring (bicyclic) bond motifs is 1. The Morgan fingerprint density at radius 2 is 1.92 bits per heavy atom. The summed E-state index contributed by atoms with van der Waals surface area (Å²) in [6.07, 6.45) is -2.19. The molecular weight excluding hydrogens is 387 g/mol. The molecule has 1 aliphatic rings. The zero-order chi connectivity index (χ0) is 18.7. The fraction of sp³-hybridized carbons (Fsp3) is 0.353. The zero-order valence-corrected chi connectivity index (χ0v) is 15.1. The molecule has 138 valence electrons. The summed E-state index contributed by atoms with van der Waals surface area (Å²) in [6.45, 7) is 0. The fourth-order valence-electron chi connectivity index (χ4n) is 2.75. The summed E-state index contributed by atoms with van der Waals surface area (Å²) in [5, 5.41) is 2.97. The molecular formula is C17H15ClF3N3OS. The maximum absolute atomic E-state index is 13.3. The Kier molecular flexibility index (Phi) is 5.72. The number of hydrogen-bond acceptors (Lipinski definition) is 4. The number of carbonyl (C=O) groups is 1.